The van der Waals surface area contributed by atoms with Crippen molar-refractivity contribution in [3.63, 3.8) is 0 Å². The van der Waals surface area contributed by atoms with Gasteiger partial charge in [0.05, 0.1) is 5.25 Å². The van der Waals surface area contributed by atoms with E-state index in [2.05, 4.69) is 4.72 Å². The van der Waals surface area contributed by atoms with Crippen molar-refractivity contribution < 1.29 is 17.9 Å². The lowest BCUT2D eigenvalue weighted by Crippen LogP contribution is -2.48. The highest BCUT2D eigenvalue weighted by atomic mass is 32.2. The maximum Gasteiger partial charge on any atom is 0.324 e. The molecule has 0 spiro atoms. The van der Waals surface area contributed by atoms with Crippen LogP contribution in [0.25, 0.3) is 0 Å². The number of hydrogen-bond donors (Lipinski definition) is 1. The third-order valence-electron chi connectivity index (χ3n) is 2.58. The lowest BCUT2D eigenvalue weighted by molar-refractivity contribution is -0.158. The zero-order valence-corrected chi connectivity index (χ0v) is 12.5. The van der Waals surface area contributed by atoms with E-state index in [1.807, 2.05) is 0 Å². The molecule has 0 heterocycles. The Bertz CT molecular complexity index is 404. The van der Waals surface area contributed by atoms with Crippen LogP contribution in [0.3, 0.4) is 0 Å². The fourth-order valence-corrected chi connectivity index (χ4v) is 3.14. The number of carbonyl (C=O) groups is 1. The van der Waals surface area contributed by atoms with E-state index in [1.165, 1.54) is 0 Å². The highest BCUT2D eigenvalue weighted by Crippen LogP contribution is 2.28. The first-order valence-corrected chi connectivity index (χ1v) is 7.81. The molecule has 0 aliphatic heterocycles. The highest BCUT2D eigenvalue weighted by Gasteiger charge is 2.40. The summed E-state index contributed by atoms with van der Waals surface area (Å²) in [5, 5.41) is -0.332. The summed E-state index contributed by atoms with van der Waals surface area (Å²) in [4.78, 5) is 12.0. The number of ether oxygens (including phenoxy) is 1. The molecule has 1 fully saturated rings. The molecule has 6 heteroatoms. The molecule has 0 unspecified atom stereocenters. The lowest BCUT2D eigenvalue weighted by Gasteiger charge is -2.26. The quantitative estimate of drug-likeness (QED) is 0.772. The number of rotatable bonds is 5. The van der Waals surface area contributed by atoms with Crippen LogP contribution < -0.4 is 4.72 Å². The minimum absolute atomic E-state index is 0.145. The normalized spacial score (nSPS) is 18.8. The Morgan fingerprint density at radius 2 is 1.78 bits per heavy atom. The summed E-state index contributed by atoms with van der Waals surface area (Å²) < 4.78 is 31.4. The van der Waals surface area contributed by atoms with E-state index in [-0.39, 0.29) is 11.2 Å². The van der Waals surface area contributed by atoms with Gasteiger partial charge < -0.3 is 4.74 Å². The lowest BCUT2D eigenvalue weighted by atomic mass is 10.1. The molecule has 1 N–H and O–H groups in total. The fraction of sp³-hybridized carbons (Fsp3) is 0.917. The average Bonchev–Trinajstić information content (AvgIpc) is 2.93. The SMILES string of the molecule is CC(C)[C@@H](NS(=O)(=O)C1CC1)C(=O)OC(C)(C)C. The van der Waals surface area contributed by atoms with E-state index < -0.39 is 27.6 Å². The standard InChI is InChI=1S/C12H23NO4S/c1-8(2)10(11(14)17-12(3,4)5)13-18(15,16)9-6-7-9/h8-10,13H,6-7H2,1-5H3/t10-/m1/s1. The van der Waals surface area contributed by atoms with Crippen LogP contribution in [0.1, 0.15) is 47.5 Å². The Kier molecular flexibility index (Phi) is 4.43. The number of hydrogen-bond acceptors (Lipinski definition) is 4. The second-order valence-electron chi connectivity index (χ2n) is 6.12. The van der Waals surface area contributed by atoms with Crippen LogP contribution in [0.2, 0.25) is 0 Å². The van der Waals surface area contributed by atoms with Crippen molar-refractivity contribution in [1.82, 2.24) is 4.72 Å². The van der Waals surface area contributed by atoms with Gasteiger partial charge in [0.2, 0.25) is 10.0 Å². The van der Waals surface area contributed by atoms with Crippen molar-refractivity contribution in [2.75, 3.05) is 0 Å². The van der Waals surface area contributed by atoms with Crippen molar-refractivity contribution in [1.29, 1.82) is 0 Å². The number of sulfonamides is 1. The number of carbonyl (C=O) groups excluding carboxylic acids is 1. The van der Waals surface area contributed by atoms with Gasteiger partial charge in [-0.05, 0) is 39.5 Å². The Morgan fingerprint density at radius 3 is 2.11 bits per heavy atom. The Morgan fingerprint density at radius 1 is 1.28 bits per heavy atom. The van der Waals surface area contributed by atoms with Crippen molar-refractivity contribution in [2.45, 2.75) is 64.4 Å². The van der Waals surface area contributed by atoms with Crippen LogP contribution in [0.15, 0.2) is 0 Å². The molecule has 0 saturated heterocycles. The summed E-state index contributed by atoms with van der Waals surface area (Å²) in [5.74, 6) is -0.657. The molecule has 0 aromatic rings. The molecule has 5 nitrogen and oxygen atoms in total. The van der Waals surface area contributed by atoms with Crippen molar-refractivity contribution >= 4 is 16.0 Å². The topological polar surface area (TPSA) is 72.5 Å². The molecular formula is C12H23NO4S. The molecule has 18 heavy (non-hydrogen) atoms. The van der Waals surface area contributed by atoms with E-state index in [1.54, 1.807) is 34.6 Å². The van der Waals surface area contributed by atoms with Crippen molar-refractivity contribution in [3.05, 3.63) is 0 Å². The maximum absolute atomic E-state index is 12.0. The molecule has 1 aliphatic rings. The predicted octanol–water partition coefficient (Wildman–Crippen LogP) is 1.43. The van der Waals surface area contributed by atoms with Crippen LogP contribution in [0, 0.1) is 5.92 Å². The summed E-state index contributed by atoms with van der Waals surface area (Å²) in [6, 6.07) is -0.810. The molecule has 0 radical (unpaired) electrons. The molecule has 1 atom stereocenters. The van der Waals surface area contributed by atoms with Crippen LogP contribution in [0.4, 0.5) is 0 Å². The average molecular weight is 277 g/mol. The van der Waals surface area contributed by atoms with Gasteiger partial charge in [-0.2, -0.15) is 0 Å². The summed E-state index contributed by atoms with van der Waals surface area (Å²) >= 11 is 0. The van der Waals surface area contributed by atoms with Crippen LogP contribution in [0.5, 0.6) is 0 Å². The zero-order valence-electron chi connectivity index (χ0n) is 11.7. The monoisotopic (exact) mass is 277 g/mol. The molecule has 0 aromatic heterocycles. The van der Waals surface area contributed by atoms with Crippen LogP contribution in [-0.4, -0.2) is 31.3 Å². The Labute approximate surface area is 109 Å². The van der Waals surface area contributed by atoms with Gasteiger partial charge in [-0.15, -0.1) is 0 Å². The molecule has 0 aromatic carbocycles. The van der Waals surface area contributed by atoms with Crippen LogP contribution in [-0.2, 0) is 19.6 Å². The van der Waals surface area contributed by atoms with Gasteiger partial charge in [0, 0.05) is 0 Å². The largest absolute Gasteiger partial charge is 0.459 e. The summed E-state index contributed by atoms with van der Waals surface area (Å²) in [6.45, 7) is 8.88. The summed E-state index contributed by atoms with van der Waals surface area (Å²) in [7, 11) is -3.38. The van der Waals surface area contributed by atoms with Gasteiger partial charge in [0.25, 0.3) is 0 Å². The second kappa shape index (κ2) is 5.17. The fourth-order valence-electron chi connectivity index (χ4n) is 1.47. The third kappa shape index (κ3) is 4.57. The van der Waals surface area contributed by atoms with E-state index in [9.17, 15) is 13.2 Å². The molecule has 106 valence electrons. The first kappa shape index (κ1) is 15.4. The molecule has 1 aliphatic carbocycles. The predicted molar refractivity (Wildman–Crippen MR) is 69.5 cm³/mol. The van der Waals surface area contributed by atoms with Gasteiger partial charge in [-0.3, -0.25) is 4.79 Å². The number of nitrogens with one attached hydrogen (secondary N) is 1. The second-order valence-corrected chi connectivity index (χ2v) is 8.11. The summed E-state index contributed by atoms with van der Waals surface area (Å²) in [6.07, 6.45) is 1.35. The Balaban J connectivity index is 2.74. The van der Waals surface area contributed by atoms with Crippen LogP contribution >= 0.6 is 0 Å². The first-order chi connectivity index (χ1) is 8.03. The zero-order chi connectivity index (χ0) is 14.1. The van der Waals surface area contributed by atoms with E-state index >= 15 is 0 Å². The van der Waals surface area contributed by atoms with E-state index in [0.717, 1.165) is 0 Å². The highest BCUT2D eigenvalue weighted by molar-refractivity contribution is 7.90. The first-order valence-electron chi connectivity index (χ1n) is 6.27. The maximum atomic E-state index is 12.0. The van der Waals surface area contributed by atoms with Gasteiger partial charge in [0.15, 0.2) is 0 Å². The summed E-state index contributed by atoms with van der Waals surface area (Å²) in [5.41, 5.74) is -0.616. The van der Waals surface area contributed by atoms with E-state index in [0.29, 0.717) is 12.8 Å². The van der Waals surface area contributed by atoms with Crippen molar-refractivity contribution in [3.8, 4) is 0 Å². The van der Waals surface area contributed by atoms with Gasteiger partial charge >= 0.3 is 5.97 Å². The molecule has 1 saturated carbocycles. The minimum atomic E-state index is -3.38. The minimum Gasteiger partial charge on any atom is -0.459 e. The van der Waals surface area contributed by atoms with Crippen molar-refractivity contribution in [2.24, 2.45) is 5.92 Å². The molecule has 0 amide bonds. The van der Waals surface area contributed by atoms with E-state index in [4.69, 9.17) is 4.74 Å². The molecule has 1 rings (SSSR count). The molecule has 0 bridgehead atoms. The van der Waals surface area contributed by atoms with Gasteiger partial charge in [-0.25, -0.2) is 13.1 Å². The smallest absolute Gasteiger partial charge is 0.324 e. The van der Waals surface area contributed by atoms with Gasteiger partial charge in [0.1, 0.15) is 11.6 Å². The Hall–Kier alpha value is -0.620. The van der Waals surface area contributed by atoms with Gasteiger partial charge in [-0.1, -0.05) is 13.8 Å². The third-order valence-corrected chi connectivity index (χ3v) is 4.51. The number of esters is 1. The molecular weight excluding hydrogens is 254 g/mol.